The van der Waals surface area contributed by atoms with E-state index in [1.54, 1.807) is 0 Å². The summed E-state index contributed by atoms with van der Waals surface area (Å²) in [5.74, 6) is -0.0950. The van der Waals surface area contributed by atoms with Crippen LogP contribution in [0.3, 0.4) is 0 Å². The van der Waals surface area contributed by atoms with E-state index in [0.717, 1.165) is 0 Å². The zero-order valence-corrected chi connectivity index (χ0v) is 10.3. The largest absolute Gasteiger partial charge is 0.504 e. The Kier molecular flexibility index (Phi) is 4.46. The van der Waals surface area contributed by atoms with E-state index in [1.165, 1.54) is 18.2 Å². The Morgan fingerprint density at radius 1 is 1.25 bits per heavy atom. The van der Waals surface area contributed by atoms with E-state index in [0.29, 0.717) is 11.4 Å². The number of rotatable bonds is 6. The van der Waals surface area contributed by atoms with Crippen LogP contribution in [0.5, 0.6) is 11.5 Å². The van der Waals surface area contributed by atoms with E-state index in [2.05, 4.69) is 10.1 Å². The highest BCUT2D eigenvalue weighted by Crippen LogP contribution is 2.29. The first-order valence-electron chi connectivity index (χ1n) is 5.77. The number of hydrogen-bond acceptors (Lipinski definition) is 6. The number of alkyl halides is 2. The Morgan fingerprint density at radius 2 is 2.05 bits per heavy atom. The predicted octanol–water partition coefficient (Wildman–Crippen LogP) is 1.97. The lowest BCUT2D eigenvalue weighted by Crippen LogP contribution is -2.07. The molecule has 1 heterocycles. The third-order valence-electron chi connectivity index (χ3n) is 2.40. The van der Waals surface area contributed by atoms with Crippen LogP contribution in [-0.2, 0) is 11.2 Å². The van der Waals surface area contributed by atoms with Gasteiger partial charge in [0.1, 0.15) is 6.61 Å². The molecule has 0 aliphatic heterocycles. The number of nitrogens with zero attached hydrogens (tertiary/aromatic N) is 2. The van der Waals surface area contributed by atoms with Crippen molar-refractivity contribution in [3.05, 3.63) is 24.0 Å². The Balaban J connectivity index is 1.96. The zero-order valence-electron chi connectivity index (χ0n) is 10.3. The van der Waals surface area contributed by atoms with Crippen LogP contribution in [0.2, 0.25) is 0 Å². The molecule has 0 unspecified atom stereocenters. The van der Waals surface area contributed by atoms with Crippen molar-refractivity contribution < 1.29 is 28.3 Å². The summed E-state index contributed by atoms with van der Waals surface area (Å²) in [5, 5.41) is 22.2. The molecule has 0 radical (unpaired) electrons. The number of benzene rings is 1. The first-order valence-corrected chi connectivity index (χ1v) is 5.77. The van der Waals surface area contributed by atoms with Crippen molar-refractivity contribution in [1.82, 2.24) is 10.1 Å². The average molecular weight is 286 g/mol. The summed E-state index contributed by atoms with van der Waals surface area (Å²) in [4.78, 5) is 4.03. The van der Waals surface area contributed by atoms with Crippen molar-refractivity contribution in [3.63, 3.8) is 0 Å². The van der Waals surface area contributed by atoms with Gasteiger partial charge in [0.05, 0.1) is 6.61 Å². The van der Waals surface area contributed by atoms with Crippen molar-refractivity contribution in [2.75, 3.05) is 13.2 Å². The standard InChI is InChI=1S/C12H12F2N2O4/c13-10(14)6-19-4-3-11-15-12(20-16-11)7-1-2-8(17)9(18)5-7/h1-2,5,10,17-18H,3-4,6H2. The molecule has 2 N–H and O–H groups in total. The van der Waals surface area contributed by atoms with Gasteiger partial charge in [0, 0.05) is 12.0 Å². The van der Waals surface area contributed by atoms with E-state index >= 15 is 0 Å². The van der Waals surface area contributed by atoms with Crippen molar-refractivity contribution in [3.8, 4) is 23.0 Å². The Hall–Kier alpha value is -2.22. The van der Waals surface area contributed by atoms with Gasteiger partial charge >= 0.3 is 0 Å². The minimum atomic E-state index is -2.50. The number of halogens is 2. The monoisotopic (exact) mass is 286 g/mol. The van der Waals surface area contributed by atoms with Crippen LogP contribution < -0.4 is 0 Å². The fourth-order valence-corrected chi connectivity index (χ4v) is 1.47. The molecule has 0 saturated carbocycles. The average Bonchev–Trinajstić information content (AvgIpc) is 2.86. The minimum Gasteiger partial charge on any atom is -0.504 e. The maximum atomic E-state index is 11.8. The second kappa shape index (κ2) is 6.29. The lowest BCUT2D eigenvalue weighted by Gasteiger charge is -2.00. The number of ether oxygens (including phenoxy) is 1. The molecule has 0 fully saturated rings. The van der Waals surface area contributed by atoms with Crippen molar-refractivity contribution >= 4 is 0 Å². The minimum absolute atomic E-state index is 0.0597. The lowest BCUT2D eigenvalue weighted by molar-refractivity contribution is 0.0182. The first-order chi connectivity index (χ1) is 9.56. The summed E-state index contributed by atoms with van der Waals surface area (Å²) in [7, 11) is 0. The molecule has 1 aromatic heterocycles. The molecular formula is C12H12F2N2O4. The second-order valence-corrected chi connectivity index (χ2v) is 3.94. The molecule has 6 nitrogen and oxygen atoms in total. The van der Waals surface area contributed by atoms with E-state index in [9.17, 15) is 19.0 Å². The number of phenolic OH excluding ortho intramolecular Hbond substituents is 2. The predicted molar refractivity (Wildman–Crippen MR) is 63.6 cm³/mol. The van der Waals surface area contributed by atoms with Crippen molar-refractivity contribution in [2.24, 2.45) is 0 Å². The van der Waals surface area contributed by atoms with E-state index in [-0.39, 0.29) is 30.4 Å². The van der Waals surface area contributed by atoms with Gasteiger partial charge < -0.3 is 19.5 Å². The van der Waals surface area contributed by atoms with Crippen molar-refractivity contribution in [2.45, 2.75) is 12.8 Å². The molecule has 2 rings (SSSR count). The Labute approximate surface area is 112 Å². The fourth-order valence-electron chi connectivity index (χ4n) is 1.47. The molecule has 0 bridgehead atoms. The fraction of sp³-hybridized carbons (Fsp3) is 0.333. The molecule has 0 atom stereocenters. The van der Waals surface area contributed by atoms with Crippen LogP contribution in [0.25, 0.3) is 11.5 Å². The molecule has 0 saturated heterocycles. The van der Waals surface area contributed by atoms with Crippen molar-refractivity contribution in [1.29, 1.82) is 0 Å². The maximum Gasteiger partial charge on any atom is 0.261 e. The smallest absolute Gasteiger partial charge is 0.261 e. The number of aromatic hydroxyl groups is 2. The summed E-state index contributed by atoms with van der Waals surface area (Å²) in [5.41, 5.74) is 0.438. The molecule has 0 aliphatic carbocycles. The van der Waals surface area contributed by atoms with Crippen LogP contribution in [0.1, 0.15) is 5.82 Å². The molecule has 0 spiro atoms. The van der Waals surface area contributed by atoms with Crippen LogP contribution in [-0.4, -0.2) is 40.0 Å². The summed E-state index contributed by atoms with van der Waals surface area (Å²) < 4.78 is 33.3. The maximum absolute atomic E-state index is 11.8. The van der Waals surface area contributed by atoms with Gasteiger partial charge in [0.25, 0.3) is 12.3 Å². The third kappa shape index (κ3) is 3.64. The molecule has 0 aliphatic rings. The van der Waals surface area contributed by atoms with Gasteiger partial charge in [0.2, 0.25) is 0 Å². The van der Waals surface area contributed by atoms with Gasteiger partial charge in [-0.2, -0.15) is 4.98 Å². The van der Waals surface area contributed by atoms with E-state index in [1.807, 2.05) is 0 Å². The van der Waals surface area contributed by atoms with Gasteiger partial charge in [-0.15, -0.1) is 0 Å². The highest BCUT2D eigenvalue weighted by atomic mass is 19.3. The lowest BCUT2D eigenvalue weighted by atomic mass is 10.2. The van der Waals surface area contributed by atoms with Crippen LogP contribution in [0, 0.1) is 0 Å². The summed E-state index contributed by atoms with van der Waals surface area (Å²) in [6, 6.07) is 4.07. The van der Waals surface area contributed by atoms with Crippen LogP contribution in [0.4, 0.5) is 8.78 Å². The highest BCUT2D eigenvalue weighted by Gasteiger charge is 2.11. The SMILES string of the molecule is Oc1ccc(-c2nc(CCOCC(F)F)no2)cc1O. The topological polar surface area (TPSA) is 88.6 Å². The van der Waals surface area contributed by atoms with Crippen LogP contribution in [0.15, 0.2) is 22.7 Å². The number of hydrogen-bond donors (Lipinski definition) is 2. The second-order valence-electron chi connectivity index (χ2n) is 3.94. The first kappa shape index (κ1) is 14.2. The van der Waals surface area contributed by atoms with E-state index in [4.69, 9.17) is 9.26 Å². The summed E-state index contributed by atoms with van der Waals surface area (Å²) in [6.07, 6.45) is -2.27. The zero-order chi connectivity index (χ0) is 14.5. The summed E-state index contributed by atoms with van der Waals surface area (Å²) >= 11 is 0. The quantitative estimate of drug-likeness (QED) is 0.623. The molecule has 0 amide bonds. The molecule has 8 heteroatoms. The molecule has 1 aromatic carbocycles. The van der Waals surface area contributed by atoms with Gasteiger partial charge in [-0.05, 0) is 18.2 Å². The van der Waals surface area contributed by atoms with Gasteiger partial charge in [-0.1, -0.05) is 5.16 Å². The van der Waals surface area contributed by atoms with Gasteiger partial charge in [-0.3, -0.25) is 0 Å². The molecule has 108 valence electrons. The molecule has 20 heavy (non-hydrogen) atoms. The van der Waals surface area contributed by atoms with Crippen LogP contribution >= 0.6 is 0 Å². The number of phenols is 2. The molecule has 2 aromatic rings. The Bertz CT molecular complexity index is 574. The van der Waals surface area contributed by atoms with Gasteiger partial charge in [-0.25, -0.2) is 8.78 Å². The number of aromatic nitrogens is 2. The van der Waals surface area contributed by atoms with E-state index < -0.39 is 13.0 Å². The molecular weight excluding hydrogens is 274 g/mol. The van der Waals surface area contributed by atoms with Gasteiger partial charge in [0.15, 0.2) is 17.3 Å². The third-order valence-corrected chi connectivity index (χ3v) is 2.40. The Morgan fingerprint density at radius 3 is 2.75 bits per heavy atom. The summed E-state index contributed by atoms with van der Waals surface area (Å²) in [6.45, 7) is -0.569. The normalized spacial score (nSPS) is 11.2. The highest BCUT2D eigenvalue weighted by molar-refractivity contribution is 5.58.